The molecule has 0 radical (unpaired) electrons. The van der Waals surface area contributed by atoms with Gasteiger partial charge in [0.1, 0.15) is 43.5 Å². The zero-order valence-corrected chi connectivity index (χ0v) is 32.2. The molecule has 0 aliphatic rings. The first kappa shape index (κ1) is 36.6. The lowest BCUT2D eigenvalue weighted by Gasteiger charge is -2.12. The number of aromatic nitrogens is 18. The van der Waals surface area contributed by atoms with E-state index in [4.69, 9.17) is 21.9 Å². The van der Waals surface area contributed by atoms with Gasteiger partial charge in [-0.3, -0.25) is 0 Å². The molecule has 0 spiro atoms. The van der Waals surface area contributed by atoms with Crippen molar-refractivity contribution < 1.29 is 4.74 Å². The first-order valence-corrected chi connectivity index (χ1v) is 17.3. The molecule has 0 saturated heterocycles. The van der Waals surface area contributed by atoms with Crippen LogP contribution in [0.15, 0.2) is 93.8 Å². The minimum atomic E-state index is 0.00562. The minimum Gasteiger partial charge on any atom is -0.474 e. The highest BCUT2D eigenvalue weighted by Gasteiger charge is 2.16. The fraction of sp³-hybridized carbons (Fsp3) is 0.107. The lowest BCUT2D eigenvalue weighted by molar-refractivity contribution is 0.230. The number of anilines is 3. The van der Waals surface area contributed by atoms with Crippen LogP contribution in [0.25, 0.3) is 29.5 Å². The molecule has 53 heavy (non-hydrogen) atoms. The Morgan fingerprint density at radius 3 is 1.47 bits per heavy atom. The highest BCUT2D eigenvalue weighted by atomic mass is 79.9. The van der Waals surface area contributed by atoms with Crippen molar-refractivity contribution >= 4 is 65.2 Å². The summed E-state index contributed by atoms with van der Waals surface area (Å²) in [5.41, 5.74) is 17.4. The van der Waals surface area contributed by atoms with E-state index in [1.807, 2.05) is 13.8 Å². The maximum Gasteiger partial charge on any atom is 0.255 e. The Balaban J connectivity index is 0.000000136. The van der Waals surface area contributed by atoms with Crippen LogP contribution in [0.4, 0.5) is 17.5 Å². The second-order valence-corrected chi connectivity index (χ2v) is 12.7. The smallest absolute Gasteiger partial charge is 0.255 e. The third kappa shape index (κ3) is 8.64. The SMILES string of the molecule is CC(C)Oc1nc(-n2cccn2)nc(N)c1Br.Nc1nc(-n2cccn2)nc(-n2cncn2)c1Br.Nc1nc(-n2cccn2)nc(-n2nccn2)c1Br. The molecule has 6 N–H and O–H groups in total. The summed E-state index contributed by atoms with van der Waals surface area (Å²) in [4.78, 5) is 30.5. The maximum absolute atomic E-state index is 5.83. The highest BCUT2D eigenvalue weighted by molar-refractivity contribution is 9.11. The van der Waals surface area contributed by atoms with E-state index in [0.717, 1.165) is 0 Å². The lowest BCUT2D eigenvalue weighted by atomic mass is 10.5. The number of ether oxygens (including phenoxy) is 1. The number of nitrogen functional groups attached to an aromatic ring is 3. The number of nitrogens with zero attached hydrogens (tertiary/aromatic N) is 18. The Labute approximate surface area is 323 Å². The van der Waals surface area contributed by atoms with Crippen LogP contribution < -0.4 is 21.9 Å². The van der Waals surface area contributed by atoms with Crippen molar-refractivity contribution in [1.82, 2.24) is 89.0 Å². The average molecular weight is 912 g/mol. The molecule has 0 amide bonds. The van der Waals surface area contributed by atoms with E-state index < -0.39 is 0 Å². The number of rotatable bonds is 7. The van der Waals surface area contributed by atoms with Crippen LogP contribution >= 0.6 is 47.8 Å². The Bertz CT molecular complexity index is 2240. The molecule has 22 nitrogen and oxygen atoms in total. The molecule has 0 fully saturated rings. The van der Waals surface area contributed by atoms with Crippen molar-refractivity contribution in [1.29, 1.82) is 0 Å². The Morgan fingerprint density at radius 2 is 1.02 bits per heavy atom. The van der Waals surface area contributed by atoms with E-state index in [-0.39, 0.29) is 6.10 Å². The van der Waals surface area contributed by atoms with E-state index in [9.17, 15) is 0 Å². The first-order chi connectivity index (χ1) is 25.6. The summed E-state index contributed by atoms with van der Waals surface area (Å²) in [7, 11) is 0. The largest absolute Gasteiger partial charge is 0.474 e. The summed E-state index contributed by atoms with van der Waals surface area (Å²) >= 11 is 9.95. The van der Waals surface area contributed by atoms with E-state index in [2.05, 4.69) is 113 Å². The lowest BCUT2D eigenvalue weighted by Crippen LogP contribution is -2.12. The molecule has 8 aromatic rings. The van der Waals surface area contributed by atoms with Gasteiger partial charge in [0.05, 0.1) is 18.5 Å². The van der Waals surface area contributed by atoms with Crippen LogP contribution in [0.2, 0.25) is 0 Å². The van der Waals surface area contributed by atoms with Gasteiger partial charge >= 0.3 is 0 Å². The summed E-state index contributed by atoms with van der Waals surface area (Å²) in [5.74, 6) is 3.40. The minimum absolute atomic E-state index is 0.00562. The van der Waals surface area contributed by atoms with E-state index >= 15 is 0 Å². The molecule has 0 saturated carbocycles. The predicted molar refractivity (Wildman–Crippen MR) is 199 cm³/mol. The average Bonchev–Trinajstić information content (AvgIpc) is 3.98. The van der Waals surface area contributed by atoms with Crippen LogP contribution in [0, 0.1) is 0 Å². The molecule has 0 aliphatic carbocycles. The van der Waals surface area contributed by atoms with Crippen LogP contribution in [-0.4, -0.2) is 95.1 Å². The van der Waals surface area contributed by atoms with Gasteiger partial charge < -0.3 is 21.9 Å². The monoisotopic (exact) mass is 909 g/mol. The Hall–Kier alpha value is -6.21. The number of hydrogen-bond donors (Lipinski definition) is 3. The molecule has 0 aliphatic heterocycles. The van der Waals surface area contributed by atoms with Crippen molar-refractivity contribution in [3.05, 3.63) is 93.8 Å². The van der Waals surface area contributed by atoms with Crippen LogP contribution in [0.3, 0.4) is 0 Å². The van der Waals surface area contributed by atoms with Gasteiger partial charge in [-0.05, 0) is 79.8 Å². The van der Waals surface area contributed by atoms with Gasteiger partial charge in [0.15, 0.2) is 11.6 Å². The van der Waals surface area contributed by atoms with Crippen molar-refractivity contribution in [3.63, 3.8) is 0 Å². The zero-order valence-electron chi connectivity index (χ0n) is 27.4. The second kappa shape index (κ2) is 16.4. The van der Waals surface area contributed by atoms with Crippen LogP contribution in [-0.2, 0) is 0 Å². The van der Waals surface area contributed by atoms with Gasteiger partial charge in [0.25, 0.3) is 17.8 Å². The fourth-order valence-corrected chi connectivity index (χ4v) is 4.97. The summed E-state index contributed by atoms with van der Waals surface area (Å²) in [6.07, 6.45) is 16.2. The molecule has 8 heterocycles. The normalized spacial score (nSPS) is 10.8. The van der Waals surface area contributed by atoms with Gasteiger partial charge in [0, 0.05) is 37.2 Å². The van der Waals surface area contributed by atoms with Crippen LogP contribution in [0.5, 0.6) is 5.88 Å². The summed E-state index contributed by atoms with van der Waals surface area (Å²) in [6.45, 7) is 3.83. The Morgan fingerprint density at radius 1 is 0.547 bits per heavy atom. The van der Waals surface area contributed by atoms with Gasteiger partial charge in [-0.1, -0.05) is 0 Å². The van der Waals surface area contributed by atoms with Gasteiger partial charge in [-0.25, -0.2) is 23.7 Å². The molecule has 0 aromatic carbocycles. The van der Waals surface area contributed by atoms with E-state index in [1.54, 1.807) is 67.8 Å². The summed E-state index contributed by atoms with van der Waals surface area (Å²) in [5, 5.41) is 24.2. The highest BCUT2D eigenvalue weighted by Crippen LogP contribution is 2.29. The molecule has 8 rings (SSSR count). The zero-order chi connectivity index (χ0) is 37.5. The molecule has 25 heteroatoms. The number of nitrogens with two attached hydrogens (primary N) is 3. The topological polar surface area (TPSA) is 280 Å². The third-order valence-electron chi connectivity index (χ3n) is 6.25. The molecule has 0 atom stereocenters. The predicted octanol–water partition coefficient (Wildman–Crippen LogP) is 2.97. The van der Waals surface area contributed by atoms with Gasteiger partial charge in [-0.15, -0.1) is 4.80 Å². The maximum atomic E-state index is 5.83. The molecular weight excluding hydrogens is 886 g/mol. The van der Waals surface area contributed by atoms with Gasteiger partial charge in [-0.2, -0.15) is 60.5 Å². The van der Waals surface area contributed by atoms with Gasteiger partial charge in [0.2, 0.25) is 5.88 Å². The molecule has 0 bridgehead atoms. The van der Waals surface area contributed by atoms with Crippen molar-refractivity contribution in [2.24, 2.45) is 0 Å². The second-order valence-electron chi connectivity index (χ2n) is 10.3. The van der Waals surface area contributed by atoms with E-state index in [1.165, 1.54) is 36.2 Å². The first-order valence-electron chi connectivity index (χ1n) is 15.0. The third-order valence-corrected chi connectivity index (χ3v) is 8.52. The molecule has 270 valence electrons. The fourth-order valence-electron chi connectivity index (χ4n) is 4.01. The summed E-state index contributed by atoms with van der Waals surface area (Å²) in [6, 6.07) is 5.33. The van der Waals surface area contributed by atoms with Crippen molar-refractivity contribution in [3.8, 4) is 35.4 Å². The Kier molecular flexibility index (Phi) is 11.3. The summed E-state index contributed by atoms with van der Waals surface area (Å²) < 4.78 is 13.2. The molecule has 0 unspecified atom stereocenters. The van der Waals surface area contributed by atoms with Crippen molar-refractivity contribution in [2.75, 3.05) is 17.2 Å². The van der Waals surface area contributed by atoms with Crippen LogP contribution in [0.1, 0.15) is 13.8 Å². The van der Waals surface area contributed by atoms with Crippen molar-refractivity contribution in [2.45, 2.75) is 20.0 Å². The molecular formula is C28H26Br3N21O. The molecule has 8 aromatic heterocycles. The quantitative estimate of drug-likeness (QED) is 0.207. The number of hydrogen-bond acceptors (Lipinski definition) is 17. The number of halogens is 3. The van der Waals surface area contributed by atoms with E-state index in [0.29, 0.717) is 66.2 Å². The standard InChI is InChI=1S/C10H12BrN5O.2C9H7BrN8/c1-6(2)17-9-7(11)8(12)14-10(15-9)16-5-3-4-13-16;10-6-7(11)15-9(17-5-1-2-12-17)16-8(6)18-13-3-4-14-18;10-6-7(11)15-9(17-3-1-2-13-17)16-8(6)18-5-12-4-14-18/h3-6H,1-2H3,(H2,12,14,15);2*1-5H,(H2,11,15,16).